The molecule has 1 atom stereocenters. The minimum absolute atomic E-state index is 0.109. The molecule has 5 heteroatoms. The molecule has 1 N–H and O–H groups in total. The number of aromatic nitrogens is 2. The van der Waals surface area contributed by atoms with Crippen molar-refractivity contribution in [1.82, 2.24) is 9.97 Å². The van der Waals surface area contributed by atoms with Gasteiger partial charge in [-0.05, 0) is 0 Å². The molecule has 0 aliphatic carbocycles. The number of halogens is 2. The van der Waals surface area contributed by atoms with Gasteiger partial charge in [0.2, 0.25) is 0 Å². The van der Waals surface area contributed by atoms with Gasteiger partial charge in [-0.25, -0.2) is 8.78 Å². The van der Waals surface area contributed by atoms with Crippen molar-refractivity contribution in [3.05, 3.63) is 24.3 Å². The molecule has 0 saturated heterocycles. The molecular formula is C6H6F2N2O. The fraction of sp³-hybridized carbons (Fsp3) is 0.333. The van der Waals surface area contributed by atoms with Crippen LogP contribution in [0.2, 0.25) is 0 Å². The van der Waals surface area contributed by atoms with E-state index in [0.717, 1.165) is 6.20 Å². The summed E-state index contributed by atoms with van der Waals surface area (Å²) in [5.41, 5.74) is -0.109. The highest BCUT2D eigenvalue weighted by Crippen LogP contribution is 2.16. The average molecular weight is 160 g/mol. The lowest BCUT2D eigenvalue weighted by Gasteiger charge is -2.06. The first kappa shape index (κ1) is 8.00. The highest BCUT2D eigenvalue weighted by atomic mass is 19.3. The Balaban J connectivity index is 2.77. The Morgan fingerprint density at radius 1 is 1.36 bits per heavy atom. The molecule has 0 fully saturated rings. The van der Waals surface area contributed by atoms with Gasteiger partial charge in [-0.15, -0.1) is 0 Å². The van der Waals surface area contributed by atoms with Gasteiger partial charge in [0.1, 0.15) is 0 Å². The van der Waals surface area contributed by atoms with Crippen LogP contribution in [0.1, 0.15) is 11.8 Å². The molecule has 1 rings (SSSR count). The average Bonchev–Trinajstić information content (AvgIpc) is 2.05. The number of rotatable bonds is 2. The molecule has 1 aromatic heterocycles. The first-order valence-electron chi connectivity index (χ1n) is 2.94. The van der Waals surface area contributed by atoms with Gasteiger partial charge in [0.05, 0.1) is 11.9 Å². The topological polar surface area (TPSA) is 46.0 Å². The van der Waals surface area contributed by atoms with Crippen molar-refractivity contribution in [2.24, 2.45) is 0 Å². The molecule has 60 valence electrons. The van der Waals surface area contributed by atoms with Crippen LogP contribution in [0.3, 0.4) is 0 Å². The highest BCUT2D eigenvalue weighted by Gasteiger charge is 2.19. The van der Waals surface area contributed by atoms with Gasteiger partial charge in [0.25, 0.3) is 6.43 Å². The molecule has 0 amide bonds. The molecule has 0 bridgehead atoms. The number of alkyl halides is 2. The maximum Gasteiger partial charge on any atom is 0.269 e. The molecule has 0 aliphatic heterocycles. The van der Waals surface area contributed by atoms with Gasteiger partial charge in [-0.1, -0.05) is 0 Å². The van der Waals surface area contributed by atoms with E-state index in [1.54, 1.807) is 0 Å². The third kappa shape index (κ3) is 1.91. The van der Waals surface area contributed by atoms with E-state index < -0.39 is 12.5 Å². The molecule has 0 aliphatic rings. The van der Waals surface area contributed by atoms with Crippen LogP contribution in [0.25, 0.3) is 0 Å². The Morgan fingerprint density at radius 3 is 2.55 bits per heavy atom. The lowest BCUT2D eigenvalue weighted by molar-refractivity contribution is -0.00841. The minimum Gasteiger partial charge on any atom is -0.381 e. The van der Waals surface area contributed by atoms with E-state index in [9.17, 15) is 8.78 Å². The van der Waals surface area contributed by atoms with Crippen LogP contribution in [0.4, 0.5) is 8.78 Å². The molecule has 11 heavy (non-hydrogen) atoms. The Morgan fingerprint density at radius 2 is 2.09 bits per heavy atom. The van der Waals surface area contributed by atoms with Crippen molar-refractivity contribution in [2.45, 2.75) is 12.5 Å². The van der Waals surface area contributed by atoms with Crippen molar-refractivity contribution in [3.63, 3.8) is 0 Å². The standard InChI is InChI=1S/C6H6F2N2O/c7-6(8)5(11)4-3-9-1-2-10-4/h1-3,5-6,11H. The Labute approximate surface area is 61.7 Å². The van der Waals surface area contributed by atoms with E-state index >= 15 is 0 Å². The molecule has 0 saturated carbocycles. The van der Waals surface area contributed by atoms with Gasteiger partial charge in [0, 0.05) is 12.4 Å². The molecule has 1 unspecified atom stereocenters. The summed E-state index contributed by atoms with van der Waals surface area (Å²) in [5, 5.41) is 8.75. The Bertz CT molecular complexity index is 217. The lowest BCUT2D eigenvalue weighted by Crippen LogP contribution is -2.09. The summed E-state index contributed by atoms with van der Waals surface area (Å²) in [6.07, 6.45) is -0.935. The van der Waals surface area contributed by atoms with Gasteiger partial charge in [-0.2, -0.15) is 0 Å². The number of hydrogen-bond acceptors (Lipinski definition) is 3. The zero-order valence-corrected chi connectivity index (χ0v) is 5.48. The predicted molar refractivity (Wildman–Crippen MR) is 33.0 cm³/mol. The van der Waals surface area contributed by atoms with E-state index in [0.29, 0.717) is 0 Å². The van der Waals surface area contributed by atoms with Crippen LogP contribution >= 0.6 is 0 Å². The Hall–Kier alpha value is -1.10. The van der Waals surface area contributed by atoms with Gasteiger partial charge in [-0.3, -0.25) is 9.97 Å². The SMILES string of the molecule is OC(c1cnccn1)C(F)F. The van der Waals surface area contributed by atoms with Gasteiger partial charge in [0.15, 0.2) is 6.10 Å². The van der Waals surface area contributed by atoms with Crippen molar-refractivity contribution >= 4 is 0 Å². The fourth-order valence-corrected chi connectivity index (χ4v) is 0.592. The number of aliphatic hydroxyl groups excluding tert-OH is 1. The van der Waals surface area contributed by atoms with E-state index in [4.69, 9.17) is 5.11 Å². The van der Waals surface area contributed by atoms with Gasteiger partial charge >= 0.3 is 0 Å². The van der Waals surface area contributed by atoms with Crippen LogP contribution in [0.5, 0.6) is 0 Å². The summed E-state index contributed by atoms with van der Waals surface area (Å²) in [6.45, 7) is 0. The minimum atomic E-state index is -2.81. The van der Waals surface area contributed by atoms with Gasteiger partial charge < -0.3 is 5.11 Å². The Kier molecular flexibility index (Phi) is 2.43. The van der Waals surface area contributed by atoms with E-state index in [1.165, 1.54) is 12.4 Å². The number of nitrogens with zero attached hydrogens (tertiary/aromatic N) is 2. The maximum absolute atomic E-state index is 11.8. The summed E-state index contributed by atoms with van der Waals surface area (Å²) < 4.78 is 23.6. The number of hydrogen-bond donors (Lipinski definition) is 1. The lowest BCUT2D eigenvalue weighted by atomic mass is 10.3. The van der Waals surface area contributed by atoms with Crippen molar-refractivity contribution in [3.8, 4) is 0 Å². The third-order valence-corrected chi connectivity index (χ3v) is 1.12. The normalized spacial score (nSPS) is 13.5. The predicted octanol–water partition coefficient (Wildman–Crippen LogP) is 0.775. The zero-order chi connectivity index (χ0) is 8.27. The summed E-state index contributed by atoms with van der Waals surface area (Å²) in [6, 6.07) is 0. The quantitative estimate of drug-likeness (QED) is 0.695. The van der Waals surface area contributed by atoms with Crippen LogP contribution in [0, 0.1) is 0 Å². The number of aliphatic hydroxyl groups is 1. The summed E-state index contributed by atoms with van der Waals surface area (Å²) in [7, 11) is 0. The molecule has 0 aromatic carbocycles. The van der Waals surface area contributed by atoms with Crippen LogP contribution in [-0.4, -0.2) is 21.5 Å². The van der Waals surface area contributed by atoms with Crippen molar-refractivity contribution < 1.29 is 13.9 Å². The largest absolute Gasteiger partial charge is 0.381 e. The fourth-order valence-electron chi connectivity index (χ4n) is 0.592. The highest BCUT2D eigenvalue weighted by molar-refractivity contribution is 4.99. The van der Waals surface area contributed by atoms with Crippen LogP contribution < -0.4 is 0 Å². The molecule has 3 nitrogen and oxygen atoms in total. The molecule has 1 heterocycles. The van der Waals surface area contributed by atoms with E-state index in [2.05, 4.69) is 9.97 Å². The zero-order valence-electron chi connectivity index (χ0n) is 5.48. The second-order valence-electron chi connectivity index (χ2n) is 1.91. The molecular weight excluding hydrogens is 154 g/mol. The third-order valence-electron chi connectivity index (χ3n) is 1.12. The molecule has 0 spiro atoms. The molecule has 0 radical (unpaired) electrons. The maximum atomic E-state index is 11.8. The smallest absolute Gasteiger partial charge is 0.269 e. The van der Waals surface area contributed by atoms with Crippen LogP contribution in [0.15, 0.2) is 18.6 Å². The second-order valence-corrected chi connectivity index (χ2v) is 1.91. The van der Waals surface area contributed by atoms with Crippen molar-refractivity contribution in [1.29, 1.82) is 0 Å². The first-order chi connectivity index (χ1) is 5.22. The second kappa shape index (κ2) is 3.34. The monoisotopic (exact) mass is 160 g/mol. The van der Waals surface area contributed by atoms with E-state index in [1.807, 2.05) is 0 Å². The summed E-state index contributed by atoms with van der Waals surface area (Å²) in [5.74, 6) is 0. The summed E-state index contributed by atoms with van der Waals surface area (Å²) >= 11 is 0. The van der Waals surface area contributed by atoms with E-state index in [-0.39, 0.29) is 5.69 Å². The molecule has 1 aromatic rings. The van der Waals surface area contributed by atoms with Crippen LogP contribution in [-0.2, 0) is 0 Å². The first-order valence-corrected chi connectivity index (χ1v) is 2.94. The summed E-state index contributed by atoms with van der Waals surface area (Å²) in [4.78, 5) is 7.04. The van der Waals surface area contributed by atoms with Crippen molar-refractivity contribution in [2.75, 3.05) is 0 Å².